The molecular weight excluding hydrogens is 292 g/mol. The van der Waals surface area contributed by atoms with Gasteiger partial charge in [-0.2, -0.15) is 0 Å². The Balaban J connectivity index is 2.27. The lowest BCUT2D eigenvalue weighted by Crippen LogP contribution is -2.42. The first kappa shape index (κ1) is 17.3. The summed E-state index contributed by atoms with van der Waals surface area (Å²) < 4.78 is 4.94. The van der Waals surface area contributed by atoms with E-state index in [1.54, 1.807) is 38.4 Å². The Morgan fingerprint density at radius 1 is 1.19 bits per heavy atom. The average Bonchev–Trinajstić information content (AvgIpc) is 2.50. The molecule has 1 amide bonds. The number of carbonyl (C=O) groups excluding carboxylic acids is 1. The van der Waals surface area contributed by atoms with E-state index >= 15 is 0 Å². The molecule has 0 saturated heterocycles. The summed E-state index contributed by atoms with van der Waals surface area (Å²) >= 11 is 5.96. The fourth-order valence-corrected chi connectivity index (χ4v) is 1.81. The predicted molar refractivity (Wildman–Crippen MR) is 85.0 cm³/mol. The lowest BCUT2D eigenvalue weighted by Gasteiger charge is -2.12. The van der Waals surface area contributed by atoms with Crippen LogP contribution < -0.4 is 16.0 Å². The number of hydrogen-bond acceptors (Lipinski definition) is 3. The number of nitrogens with zero attached hydrogens (tertiary/aromatic N) is 1. The number of methoxy groups -OCH3 is 1. The second-order valence-electron chi connectivity index (χ2n) is 4.15. The molecule has 0 aromatic heterocycles. The van der Waals surface area contributed by atoms with Crippen molar-refractivity contribution in [2.24, 2.45) is 4.99 Å². The Hall–Kier alpha value is -1.79. The molecule has 21 heavy (non-hydrogen) atoms. The Kier molecular flexibility index (Phi) is 8.23. The SMILES string of the molecule is CN=C(NCCNC(=O)c1ccccc1Cl)NCCOC. The number of nitrogens with one attached hydrogen (secondary N) is 3. The van der Waals surface area contributed by atoms with Crippen LogP contribution in [0, 0.1) is 0 Å². The van der Waals surface area contributed by atoms with E-state index in [0.717, 1.165) is 0 Å². The molecule has 0 unspecified atom stereocenters. The fourth-order valence-electron chi connectivity index (χ4n) is 1.59. The van der Waals surface area contributed by atoms with Gasteiger partial charge in [-0.05, 0) is 12.1 Å². The smallest absolute Gasteiger partial charge is 0.252 e. The van der Waals surface area contributed by atoms with Gasteiger partial charge < -0.3 is 20.7 Å². The molecule has 0 atom stereocenters. The third kappa shape index (κ3) is 6.46. The number of hydrogen-bond donors (Lipinski definition) is 3. The van der Waals surface area contributed by atoms with Crippen molar-refractivity contribution in [3.8, 4) is 0 Å². The van der Waals surface area contributed by atoms with Crippen LogP contribution in [0.15, 0.2) is 29.3 Å². The number of halogens is 1. The number of benzene rings is 1. The summed E-state index contributed by atoms with van der Waals surface area (Å²) in [4.78, 5) is 16.0. The first-order valence-corrected chi connectivity index (χ1v) is 7.03. The Morgan fingerprint density at radius 3 is 2.52 bits per heavy atom. The Labute approximate surface area is 129 Å². The molecule has 0 aliphatic carbocycles. The number of rotatable bonds is 7. The minimum Gasteiger partial charge on any atom is -0.383 e. The molecule has 0 spiro atoms. The number of aliphatic imine (C=N–C) groups is 1. The third-order valence-electron chi connectivity index (χ3n) is 2.64. The van der Waals surface area contributed by atoms with Crippen LogP contribution in [0.25, 0.3) is 0 Å². The second kappa shape index (κ2) is 10.0. The van der Waals surface area contributed by atoms with Gasteiger partial charge in [0.1, 0.15) is 0 Å². The molecule has 0 fully saturated rings. The zero-order valence-corrected chi connectivity index (χ0v) is 13.0. The summed E-state index contributed by atoms with van der Waals surface area (Å²) in [5.41, 5.74) is 0.474. The summed E-state index contributed by atoms with van der Waals surface area (Å²) in [6.07, 6.45) is 0. The van der Waals surface area contributed by atoms with Crippen molar-refractivity contribution in [3.05, 3.63) is 34.9 Å². The van der Waals surface area contributed by atoms with Crippen molar-refractivity contribution in [2.45, 2.75) is 0 Å². The van der Waals surface area contributed by atoms with Crippen molar-refractivity contribution in [3.63, 3.8) is 0 Å². The number of ether oxygens (including phenoxy) is 1. The highest BCUT2D eigenvalue weighted by Crippen LogP contribution is 2.14. The molecule has 0 aliphatic rings. The van der Waals surface area contributed by atoms with Gasteiger partial charge in [-0.15, -0.1) is 0 Å². The number of amides is 1. The van der Waals surface area contributed by atoms with Crippen LogP contribution in [0.3, 0.4) is 0 Å². The average molecular weight is 313 g/mol. The maximum atomic E-state index is 11.9. The summed E-state index contributed by atoms with van der Waals surface area (Å²) in [6.45, 7) is 2.30. The van der Waals surface area contributed by atoms with Gasteiger partial charge in [0.25, 0.3) is 5.91 Å². The van der Waals surface area contributed by atoms with E-state index in [4.69, 9.17) is 16.3 Å². The normalized spacial score (nSPS) is 11.1. The van der Waals surface area contributed by atoms with E-state index in [2.05, 4.69) is 20.9 Å². The van der Waals surface area contributed by atoms with Gasteiger partial charge in [0.05, 0.1) is 17.2 Å². The van der Waals surface area contributed by atoms with E-state index in [1.165, 1.54) is 0 Å². The predicted octanol–water partition coefficient (Wildman–Crippen LogP) is 0.881. The van der Waals surface area contributed by atoms with E-state index in [-0.39, 0.29) is 5.91 Å². The van der Waals surface area contributed by atoms with Crippen LogP contribution in [-0.4, -0.2) is 52.3 Å². The van der Waals surface area contributed by atoms with Crippen molar-refractivity contribution in [1.29, 1.82) is 0 Å². The Morgan fingerprint density at radius 2 is 1.86 bits per heavy atom. The van der Waals surface area contributed by atoms with Crippen molar-refractivity contribution in [1.82, 2.24) is 16.0 Å². The van der Waals surface area contributed by atoms with Gasteiger partial charge >= 0.3 is 0 Å². The van der Waals surface area contributed by atoms with Crippen LogP contribution in [-0.2, 0) is 4.74 Å². The quantitative estimate of drug-likeness (QED) is 0.397. The maximum Gasteiger partial charge on any atom is 0.252 e. The Bertz CT molecular complexity index is 480. The van der Waals surface area contributed by atoms with E-state index in [9.17, 15) is 4.79 Å². The van der Waals surface area contributed by atoms with Crippen LogP contribution in [0.2, 0.25) is 5.02 Å². The standard InChI is InChI=1S/C14H21ClN4O2/c1-16-14(19-9-10-21-2)18-8-7-17-13(20)11-5-3-4-6-12(11)15/h3-6H,7-10H2,1-2H3,(H,17,20)(H2,16,18,19). The first-order valence-electron chi connectivity index (χ1n) is 6.65. The van der Waals surface area contributed by atoms with Gasteiger partial charge in [0.2, 0.25) is 0 Å². The van der Waals surface area contributed by atoms with Gasteiger partial charge in [-0.1, -0.05) is 23.7 Å². The zero-order chi connectivity index (χ0) is 15.5. The summed E-state index contributed by atoms with van der Waals surface area (Å²) in [5, 5.41) is 9.40. The maximum absolute atomic E-state index is 11.9. The van der Waals surface area contributed by atoms with E-state index < -0.39 is 0 Å². The first-order chi connectivity index (χ1) is 10.2. The summed E-state index contributed by atoms with van der Waals surface area (Å²) in [7, 11) is 3.33. The molecular formula is C14H21ClN4O2. The number of guanidine groups is 1. The van der Waals surface area contributed by atoms with Crippen LogP contribution in [0.5, 0.6) is 0 Å². The molecule has 3 N–H and O–H groups in total. The monoisotopic (exact) mass is 312 g/mol. The van der Waals surface area contributed by atoms with Gasteiger partial charge in [0.15, 0.2) is 5.96 Å². The van der Waals surface area contributed by atoms with E-state index in [0.29, 0.717) is 42.8 Å². The lowest BCUT2D eigenvalue weighted by molar-refractivity contribution is 0.0954. The highest BCUT2D eigenvalue weighted by molar-refractivity contribution is 6.33. The molecule has 0 bridgehead atoms. The highest BCUT2D eigenvalue weighted by atomic mass is 35.5. The molecule has 0 heterocycles. The molecule has 7 heteroatoms. The van der Waals surface area contributed by atoms with Crippen LogP contribution in [0.1, 0.15) is 10.4 Å². The van der Waals surface area contributed by atoms with Gasteiger partial charge in [-0.3, -0.25) is 9.79 Å². The zero-order valence-electron chi connectivity index (χ0n) is 12.3. The minimum atomic E-state index is -0.190. The number of carbonyl (C=O) groups is 1. The molecule has 6 nitrogen and oxygen atoms in total. The molecule has 116 valence electrons. The molecule has 1 rings (SSSR count). The second-order valence-corrected chi connectivity index (χ2v) is 4.56. The van der Waals surface area contributed by atoms with E-state index in [1.807, 2.05) is 0 Å². The van der Waals surface area contributed by atoms with Crippen LogP contribution >= 0.6 is 11.6 Å². The van der Waals surface area contributed by atoms with Gasteiger partial charge in [0, 0.05) is 33.8 Å². The largest absolute Gasteiger partial charge is 0.383 e. The lowest BCUT2D eigenvalue weighted by atomic mass is 10.2. The molecule has 0 saturated carbocycles. The third-order valence-corrected chi connectivity index (χ3v) is 2.97. The van der Waals surface area contributed by atoms with Gasteiger partial charge in [-0.25, -0.2) is 0 Å². The molecule has 0 aliphatic heterocycles. The molecule has 1 aromatic carbocycles. The summed E-state index contributed by atoms with van der Waals surface area (Å²) in [5.74, 6) is 0.476. The van der Waals surface area contributed by atoms with Crippen molar-refractivity contribution < 1.29 is 9.53 Å². The highest BCUT2D eigenvalue weighted by Gasteiger charge is 2.08. The molecule has 1 aromatic rings. The summed E-state index contributed by atoms with van der Waals surface area (Å²) in [6, 6.07) is 6.95. The topological polar surface area (TPSA) is 74.8 Å². The fraction of sp³-hybridized carbons (Fsp3) is 0.429. The van der Waals surface area contributed by atoms with Crippen LogP contribution in [0.4, 0.5) is 0 Å². The van der Waals surface area contributed by atoms with Crippen molar-refractivity contribution in [2.75, 3.05) is 40.4 Å². The van der Waals surface area contributed by atoms with Crippen molar-refractivity contribution >= 4 is 23.5 Å². The minimum absolute atomic E-state index is 0.190. The molecule has 0 radical (unpaired) electrons.